The summed E-state index contributed by atoms with van der Waals surface area (Å²) < 4.78 is 65.7. The van der Waals surface area contributed by atoms with Crippen LogP contribution in [0.25, 0.3) is 0 Å². The lowest BCUT2D eigenvalue weighted by Gasteiger charge is -1.93. The van der Waals surface area contributed by atoms with Gasteiger partial charge in [-0.3, -0.25) is 0 Å². The van der Waals surface area contributed by atoms with Crippen LogP contribution in [0, 0.1) is 0 Å². The fourth-order valence-corrected chi connectivity index (χ4v) is 0.368. The van der Waals surface area contributed by atoms with E-state index in [9.17, 15) is 5.11 Å². The van der Waals surface area contributed by atoms with Gasteiger partial charge in [0.15, 0.2) is 0 Å². The molecule has 1 aromatic carbocycles. The minimum absolute atomic E-state index is 0.862. The molecule has 0 fully saturated rings. The Morgan fingerprint density at radius 3 is 2.89 bits per heavy atom. The summed E-state index contributed by atoms with van der Waals surface area (Å²) in [6.07, 6.45) is -3.04. The highest BCUT2D eigenvalue weighted by Gasteiger charge is 1.86. The van der Waals surface area contributed by atoms with Crippen molar-refractivity contribution < 1.29 is 17.4 Å². The molecule has 0 aliphatic heterocycles. The molecule has 9 heavy (non-hydrogen) atoms. The minimum Gasteiger partial charge on any atom is -0.508 e. The maximum atomic E-state index is 9.28. The van der Waals surface area contributed by atoms with Crippen LogP contribution in [-0.2, 0) is 6.37 Å². The summed E-state index contributed by atoms with van der Waals surface area (Å²) in [5.41, 5.74) is -0.879. The first-order chi connectivity index (χ1) is 7.93. The van der Waals surface area contributed by atoms with E-state index in [1.807, 2.05) is 0 Å². The second kappa shape index (κ2) is 2.53. The smallest absolute Gasteiger partial charge is 0.115 e. The number of benzene rings is 1. The quantitative estimate of drug-likeness (QED) is 0.617. The highest BCUT2D eigenvalue weighted by Crippen LogP contribution is 2.09. The fourth-order valence-electron chi connectivity index (χ4n) is 0.368. The maximum absolute atomic E-state index is 9.28. The number of phenols is 1. The predicted octanol–water partition coefficient (Wildman–Crippen LogP) is 1.95. The van der Waals surface area contributed by atoms with Crippen molar-refractivity contribution in [2.24, 2.45) is 0 Å². The molecule has 1 heteroatoms. The third kappa shape index (κ3) is 1.46. The highest BCUT2D eigenvalue weighted by molar-refractivity contribution is 5.25. The van der Waals surface area contributed by atoms with E-state index in [1.165, 1.54) is 0 Å². The van der Waals surface area contributed by atoms with Crippen LogP contribution in [-0.4, -0.2) is 5.11 Å². The molecule has 0 spiro atoms. The lowest BCUT2D eigenvalue weighted by Crippen LogP contribution is -1.75. The van der Waals surface area contributed by atoms with Gasteiger partial charge in [-0.1, -0.05) is 18.9 Å². The summed E-state index contributed by atoms with van der Waals surface area (Å²) in [5, 5.41) is 9.28. The van der Waals surface area contributed by atoms with Crippen molar-refractivity contribution in [3.8, 4) is 5.75 Å². The van der Waals surface area contributed by atoms with Crippen molar-refractivity contribution in [3.05, 3.63) is 29.7 Å². The first-order valence-corrected chi connectivity index (χ1v) is 2.22. The van der Waals surface area contributed by atoms with E-state index in [0.29, 0.717) is 0 Å². The van der Waals surface area contributed by atoms with Gasteiger partial charge in [0.1, 0.15) is 5.75 Å². The van der Waals surface area contributed by atoms with Gasteiger partial charge in [0, 0.05) is 6.85 Å². The molecular formula is C8H10O. The first kappa shape index (κ1) is 1.36. The molecule has 1 rings (SSSR count). The largest absolute Gasteiger partial charge is 0.508 e. The van der Waals surface area contributed by atoms with Gasteiger partial charge in [-0.25, -0.2) is 0 Å². The molecule has 1 nitrogen and oxygen atoms in total. The molecule has 0 atom stereocenters. The maximum Gasteiger partial charge on any atom is 0.115 e. The monoisotopic (exact) mass is 131 g/mol. The molecule has 1 aromatic rings. The zero-order chi connectivity index (χ0) is 14.5. The van der Waals surface area contributed by atoms with Crippen molar-refractivity contribution in [3.63, 3.8) is 0 Å². The summed E-state index contributed by atoms with van der Waals surface area (Å²) in [5.74, 6) is -0.935. The second-order valence-corrected chi connectivity index (χ2v) is 1.35. The normalized spacial score (nSPS) is 26.9. The van der Waals surface area contributed by atoms with Crippen LogP contribution in [0.15, 0.2) is 24.2 Å². The van der Waals surface area contributed by atoms with Gasteiger partial charge >= 0.3 is 0 Å². The molecule has 0 unspecified atom stereocenters. The molecule has 0 aromatic heterocycles. The number of phenolic OH excluding ortho intramolecular Hbond substituents is 1. The molecule has 0 saturated heterocycles. The molecule has 0 saturated carbocycles. The van der Waals surface area contributed by atoms with Crippen LogP contribution in [0.1, 0.15) is 24.8 Å². The standard InChI is InChI=1S/C8H10O/c1-2-7-3-5-8(9)6-4-7/h3-6,9H,2H2,1H3/i1D3,2D2,3D,4D,5D,6D. The number of aromatic hydroxyl groups is 1. The summed E-state index contributed by atoms with van der Waals surface area (Å²) in [6, 6.07) is -3.51. The summed E-state index contributed by atoms with van der Waals surface area (Å²) in [6.45, 7) is -3.14. The van der Waals surface area contributed by atoms with Gasteiger partial charge in [0.25, 0.3) is 0 Å². The molecule has 48 valence electrons. The predicted molar refractivity (Wildman–Crippen MR) is 37.5 cm³/mol. The number of hydrogen-bond acceptors (Lipinski definition) is 1. The van der Waals surface area contributed by atoms with Gasteiger partial charge in [0.2, 0.25) is 0 Å². The Bertz CT molecular complexity index is 461. The molecule has 0 aliphatic carbocycles. The fraction of sp³-hybridized carbons (Fsp3) is 0.250. The van der Waals surface area contributed by atoms with E-state index < -0.39 is 48.7 Å². The molecular weight excluding hydrogens is 112 g/mol. The van der Waals surface area contributed by atoms with Gasteiger partial charge < -0.3 is 5.11 Å². The summed E-state index contributed by atoms with van der Waals surface area (Å²) >= 11 is 0. The third-order valence-electron chi connectivity index (χ3n) is 0.737. The van der Waals surface area contributed by atoms with Crippen molar-refractivity contribution in [2.75, 3.05) is 0 Å². The van der Waals surface area contributed by atoms with Crippen molar-refractivity contribution in [1.29, 1.82) is 0 Å². The molecule has 0 radical (unpaired) electrons. The van der Waals surface area contributed by atoms with Gasteiger partial charge in [0.05, 0.1) is 5.48 Å². The summed E-state index contributed by atoms with van der Waals surface area (Å²) in [4.78, 5) is 0. The molecule has 0 heterocycles. The van der Waals surface area contributed by atoms with Crippen molar-refractivity contribution in [1.82, 2.24) is 0 Å². The lowest BCUT2D eigenvalue weighted by molar-refractivity contribution is 0.475. The van der Waals surface area contributed by atoms with Crippen LogP contribution in [0.4, 0.5) is 0 Å². The minimum atomic E-state index is -3.14. The zero-order valence-corrected chi connectivity index (χ0v) is 4.45. The van der Waals surface area contributed by atoms with Gasteiger partial charge in [-0.2, -0.15) is 0 Å². The molecule has 0 aliphatic rings. The van der Waals surface area contributed by atoms with Gasteiger partial charge in [-0.15, -0.1) is 0 Å². The average Bonchev–Trinajstić information content (AvgIpc) is 2.22. The van der Waals surface area contributed by atoms with E-state index in [0.717, 1.165) is 0 Å². The van der Waals surface area contributed by atoms with E-state index >= 15 is 0 Å². The Morgan fingerprint density at radius 1 is 1.67 bits per heavy atom. The SMILES string of the molecule is [2H]c1c([2H])c(C([2H])([2H])C([2H])([2H])[2H])c([2H])c([2H])c1O. The van der Waals surface area contributed by atoms with E-state index in [-0.39, 0.29) is 0 Å². The number of rotatable bonds is 1. The zero-order valence-electron chi connectivity index (χ0n) is 13.4. The molecule has 1 N–H and O–H groups in total. The van der Waals surface area contributed by atoms with Gasteiger partial charge in [-0.05, 0) is 24.0 Å². The Labute approximate surface area is 67.6 Å². The second-order valence-electron chi connectivity index (χ2n) is 1.35. The third-order valence-corrected chi connectivity index (χ3v) is 0.737. The Kier molecular flexibility index (Phi) is 0.384. The summed E-state index contributed by atoms with van der Waals surface area (Å²) in [7, 11) is 0. The van der Waals surface area contributed by atoms with Crippen molar-refractivity contribution >= 4 is 0 Å². The topological polar surface area (TPSA) is 20.2 Å². The average molecular weight is 131 g/mol. The Morgan fingerprint density at radius 2 is 2.33 bits per heavy atom. The lowest BCUT2D eigenvalue weighted by atomic mass is 10.2. The number of hydrogen-bond donors (Lipinski definition) is 1. The Hall–Kier alpha value is -0.980. The van der Waals surface area contributed by atoms with E-state index in [2.05, 4.69) is 0 Å². The van der Waals surface area contributed by atoms with E-state index in [4.69, 9.17) is 12.3 Å². The van der Waals surface area contributed by atoms with Crippen LogP contribution in [0.5, 0.6) is 5.75 Å². The van der Waals surface area contributed by atoms with Crippen LogP contribution in [0.3, 0.4) is 0 Å². The first-order valence-electron chi connectivity index (χ1n) is 6.72. The highest BCUT2D eigenvalue weighted by atomic mass is 16.3. The molecule has 0 amide bonds. The van der Waals surface area contributed by atoms with Crippen molar-refractivity contribution in [2.45, 2.75) is 13.2 Å². The Balaban J connectivity index is 3.72. The van der Waals surface area contributed by atoms with Crippen LogP contribution < -0.4 is 0 Å². The van der Waals surface area contributed by atoms with Crippen LogP contribution in [0.2, 0.25) is 0 Å². The van der Waals surface area contributed by atoms with Crippen LogP contribution >= 0.6 is 0 Å². The molecule has 0 bridgehead atoms. The van der Waals surface area contributed by atoms with E-state index in [1.54, 1.807) is 0 Å².